The lowest BCUT2D eigenvalue weighted by Crippen LogP contribution is -2.06. The topological polar surface area (TPSA) is 34.1 Å². The van der Waals surface area contributed by atoms with Crippen molar-refractivity contribution in [3.8, 4) is 5.75 Å². The van der Waals surface area contributed by atoms with Crippen LogP contribution >= 0.6 is 27.5 Å². The Bertz CT molecular complexity index is 674. The van der Waals surface area contributed by atoms with Gasteiger partial charge in [0.25, 0.3) is 0 Å². The summed E-state index contributed by atoms with van der Waals surface area (Å²) >= 11 is 9.72. The van der Waals surface area contributed by atoms with Gasteiger partial charge in [0.2, 0.25) is 0 Å². The molecule has 0 aliphatic heterocycles. The summed E-state index contributed by atoms with van der Waals surface area (Å²) < 4.78 is 6.42. The summed E-state index contributed by atoms with van der Waals surface area (Å²) in [6.45, 7) is 6.60. The molecular formula is C16H18BrClN2O. The zero-order valence-electron chi connectivity index (χ0n) is 12.6. The van der Waals surface area contributed by atoms with Crippen LogP contribution in [-0.4, -0.2) is 12.1 Å². The number of ether oxygens (including phenoxy) is 1. The number of aromatic nitrogens is 1. The number of halogens is 2. The maximum absolute atomic E-state index is 6.17. The summed E-state index contributed by atoms with van der Waals surface area (Å²) in [5, 5.41) is 4.10. The number of anilines is 1. The lowest BCUT2D eigenvalue weighted by Gasteiger charge is -2.14. The summed E-state index contributed by atoms with van der Waals surface area (Å²) in [6.07, 6.45) is 1.83. The Morgan fingerprint density at radius 3 is 2.62 bits per heavy atom. The molecule has 0 bridgehead atoms. The number of hydrogen-bond donors (Lipinski definition) is 1. The van der Waals surface area contributed by atoms with Crippen molar-refractivity contribution in [3.05, 3.63) is 50.2 Å². The van der Waals surface area contributed by atoms with E-state index in [-0.39, 0.29) is 0 Å². The second kappa shape index (κ2) is 6.67. The van der Waals surface area contributed by atoms with Crippen molar-refractivity contribution in [1.82, 2.24) is 4.98 Å². The van der Waals surface area contributed by atoms with E-state index in [1.165, 1.54) is 0 Å². The van der Waals surface area contributed by atoms with Crippen molar-refractivity contribution in [2.24, 2.45) is 0 Å². The van der Waals surface area contributed by atoms with Crippen LogP contribution in [0.15, 0.2) is 22.8 Å². The minimum Gasteiger partial charge on any atom is -0.496 e. The third-order valence-corrected chi connectivity index (χ3v) is 4.51. The molecule has 21 heavy (non-hydrogen) atoms. The van der Waals surface area contributed by atoms with Crippen molar-refractivity contribution in [1.29, 1.82) is 0 Å². The van der Waals surface area contributed by atoms with Crippen molar-refractivity contribution >= 4 is 33.2 Å². The molecule has 0 aliphatic rings. The molecule has 1 N–H and O–H groups in total. The molecule has 5 heteroatoms. The van der Waals surface area contributed by atoms with Gasteiger partial charge < -0.3 is 10.1 Å². The average Bonchev–Trinajstić information content (AvgIpc) is 2.43. The van der Waals surface area contributed by atoms with Crippen LogP contribution in [0, 0.1) is 20.8 Å². The van der Waals surface area contributed by atoms with E-state index in [0.29, 0.717) is 6.54 Å². The Morgan fingerprint density at radius 2 is 1.95 bits per heavy atom. The summed E-state index contributed by atoms with van der Waals surface area (Å²) in [5.74, 6) is 0.891. The fourth-order valence-corrected chi connectivity index (χ4v) is 2.97. The van der Waals surface area contributed by atoms with Gasteiger partial charge in [-0.25, -0.2) is 0 Å². The SMILES string of the molecule is COc1c(C)cnc(CNc2cc(Cl)c(C)cc2Br)c1C. The Morgan fingerprint density at radius 1 is 1.24 bits per heavy atom. The highest BCUT2D eigenvalue weighted by molar-refractivity contribution is 9.10. The molecule has 1 aromatic carbocycles. The zero-order valence-corrected chi connectivity index (χ0v) is 14.9. The Kier molecular flexibility index (Phi) is 5.12. The molecule has 0 fully saturated rings. The molecule has 0 saturated heterocycles. The predicted octanol–water partition coefficient (Wildman–Crippen LogP) is 5.04. The standard InChI is InChI=1S/C16H18BrClN2O/c1-9-5-12(17)14(6-13(9)18)20-8-15-11(3)16(21-4)10(2)7-19-15/h5-7,20H,8H2,1-4H3. The van der Waals surface area contributed by atoms with Gasteiger partial charge in [0, 0.05) is 26.8 Å². The molecule has 0 atom stereocenters. The maximum Gasteiger partial charge on any atom is 0.128 e. The molecule has 1 aromatic heterocycles. The minimum absolute atomic E-state index is 0.612. The molecule has 112 valence electrons. The maximum atomic E-state index is 6.17. The molecule has 1 heterocycles. The third-order valence-electron chi connectivity index (χ3n) is 3.44. The first-order valence-corrected chi connectivity index (χ1v) is 7.79. The molecular weight excluding hydrogens is 352 g/mol. The van der Waals surface area contributed by atoms with Crippen molar-refractivity contribution < 1.29 is 4.74 Å². The molecule has 0 amide bonds. The lowest BCUT2D eigenvalue weighted by molar-refractivity contribution is 0.407. The van der Waals surface area contributed by atoms with Crippen LogP contribution < -0.4 is 10.1 Å². The fourth-order valence-electron chi connectivity index (χ4n) is 2.21. The van der Waals surface area contributed by atoms with E-state index in [2.05, 4.69) is 26.2 Å². The first kappa shape index (κ1) is 16.1. The van der Waals surface area contributed by atoms with Crippen molar-refractivity contribution in [2.45, 2.75) is 27.3 Å². The van der Waals surface area contributed by atoms with Gasteiger partial charge in [-0.05, 0) is 54.4 Å². The molecule has 3 nitrogen and oxygen atoms in total. The Labute approximate surface area is 138 Å². The van der Waals surface area contributed by atoms with Crippen molar-refractivity contribution in [2.75, 3.05) is 12.4 Å². The average molecular weight is 370 g/mol. The Hall–Kier alpha value is -1.26. The normalized spacial score (nSPS) is 10.6. The Balaban J connectivity index is 2.23. The van der Waals surface area contributed by atoms with E-state index in [4.69, 9.17) is 16.3 Å². The van der Waals surface area contributed by atoms with Gasteiger partial charge in [0.1, 0.15) is 5.75 Å². The van der Waals surface area contributed by atoms with Gasteiger partial charge in [-0.15, -0.1) is 0 Å². The number of nitrogens with one attached hydrogen (secondary N) is 1. The van der Waals surface area contributed by atoms with Crippen LogP contribution in [0.25, 0.3) is 0 Å². The van der Waals surface area contributed by atoms with Gasteiger partial charge >= 0.3 is 0 Å². The first-order valence-electron chi connectivity index (χ1n) is 6.62. The van der Waals surface area contributed by atoms with Crippen LogP contribution in [0.1, 0.15) is 22.4 Å². The number of methoxy groups -OCH3 is 1. The van der Waals surface area contributed by atoms with Gasteiger partial charge in [-0.2, -0.15) is 0 Å². The van der Waals surface area contributed by atoms with Crippen molar-refractivity contribution in [3.63, 3.8) is 0 Å². The summed E-state index contributed by atoms with van der Waals surface area (Å²) in [7, 11) is 1.68. The molecule has 0 unspecified atom stereocenters. The molecule has 2 aromatic rings. The lowest BCUT2D eigenvalue weighted by atomic mass is 10.1. The van der Waals surface area contributed by atoms with Crippen LogP contribution in [0.3, 0.4) is 0 Å². The van der Waals surface area contributed by atoms with E-state index < -0.39 is 0 Å². The van der Waals surface area contributed by atoms with E-state index in [1.54, 1.807) is 7.11 Å². The van der Waals surface area contributed by atoms with Crippen LogP contribution in [0.4, 0.5) is 5.69 Å². The van der Waals surface area contributed by atoms with Crippen LogP contribution in [-0.2, 0) is 6.54 Å². The highest BCUT2D eigenvalue weighted by Gasteiger charge is 2.10. The largest absolute Gasteiger partial charge is 0.496 e. The van der Waals surface area contributed by atoms with Gasteiger partial charge in [0.15, 0.2) is 0 Å². The zero-order chi connectivity index (χ0) is 15.6. The highest BCUT2D eigenvalue weighted by atomic mass is 79.9. The van der Waals surface area contributed by atoms with Crippen LogP contribution in [0.5, 0.6) is 5.75 Å². The highest BCUT2D eigenvalue weighted by Crippen LogP contribution is 2.30. The number of rotatable bonds is 4. The monoisotopic (exact) mass is 368 g/mol. The molecule has 0 radical (unpaired) electrons. The predicted molar refractivity (Wildman–Crippen MR) is 91.5 cm³/mol. The second-order valence-corrected chi connectivity index (χ2v) is 6.24. The number of benzene rings is 1. The first-order chi connectivity index (χ1) is 9.93. The van der Waals surface area contributed by atoms with E-state index in [9.17, 15) is 0 Å². The number of pyridine rings is 1. The number of hydrogen-bond acceptors (Lipinski definition) is 3. The number of aryl methyl sites for hydroxylation is 2. The fraction of sp³-hybridized carbons (Fsp3) is 0.312. The second-order valence-electron chi connectivity index (χ2n) is 4.98. The third kappa shape index (κ3) is 3.50. The van der Waals surface area contributed by atoms with E-state index >= 15 is 0 Å². The van der Waals surface area contributed by atoms with Gasteiger partial charge in [-0.3, -0.25) is 4.98 Å². The summed E-state index contributed by atoms with van der Waals surface area (Å²) in [4.78, 5) is 4.48. The minimum atomic E-state index is 0.612. The molecule has 2 rings (SSSR count). The van der Waals surface area contributed by atoms with E-state index in [1.807, 2.05) is 39.1 Å². The molecule has 0 spiro atoms. The smallest absolute Gasteiger partial charge is 0.128 e. The summed E-state index contributed by atoms with van der Waals surface area (Å²) in [6, 6.07) is 3.92. The van der Waals surface area contributed by atoms with Gasteiger partial charge in [0.05, 0.1) is 25.0 Å². The number of nitrogens with zero attached hydrogens (tertiary/aromatic N) is 1. The van der Waals surface area contributed by atoms with Gasteiger partial charge in [-0.1, -0.05) is 11.6 Å². The quantitative estimate of drug-likeness (QED) is 0.819. The van der Waals surface area contributed by atoms with E-state index in [0.717, 1.165) is 43.3 Å². The molecule has 0 aliphatic carbocycles. The van der Waals surface area contributed by atoms with Crippen LogP contribution in [0.2, 0.25) is 5.02 Å². The molecule has 0 saturated carbocycles. The summed E-state index contributed by atoms with van der Waals surface area (Å²) in [5.41, 5.74) is 5.05.